The summed E-state index contributed by atoms with van der Waals surface area (Å²) in [6.45, 7) is 5.09. The molecule has 0 fully saturated rings. The monoisotopic (exact) mass is 278 g/mol. The molecule has 0 aromatic heterocycles. The van der Waals surface area contributed by atoms with Crippen LogP contribution in [0.1, 0.15) is 19.4 Å². The van der Waals surface area contributed by atoms with Gasteiger partial charge in [-0.3, -0.25) is 10.1 Å². The molecule has 0 radical (unpaired) electrons. The van der Waals surface area contributed by atoms with E-state index in [0.717, 1.165) is 17.9 Å². The van der Waals surface area contributed by atoms with E-state index >= 15 is 0 Å². The summed E-state index contributed by atoms with van der Waals surface area (Å²) in [6, 6.07) is 7.33. The molecule has 0 amide bonds. The van der Waals surface area contributed by atoms with E-state index in [1.54, 1.807) is 6.08 Å². The Kier molecular flexibility index (Phi) is 6.18. The molecule has 1 aromatic carbocycles. The zero-order valence-corrected chi connectivity index (χ0v) is 12.5. The number of nitrogens with zero attached hydrogens (tertiary/aromatic N) is 2. The minimum atomic E-state index is -0.327. The summed E-state index contributed by atoms with van der Waals surface area (Å²) < 4.78 is 5.58. The average Bonchev–Trinajstić information content (AvgIpc) is 2.36. The molecule has 0 saturated heterocycles. The molecule has 20 heavy (non-hydrogen) atoms. The molecule has 0 heterocycles. The van der Waals surface area contributed by atoms with Gasteiger partial charge in [0.1, 0.15) is 12.4 Å². The number of hydrogen-bond donors (Lipinski definition) is 0. The van der Waals surface area contributed by atoms with Crippen molar-refractivity contribution in [2.45, 2.75) is 13.8 Å². The highest BCUT2D eigenvalue weighted by Gasteiger charge is 2.15. The smallest absolute Gasteiger partial charge is 0.249 e. The van der Waals surface area contributed by atoms with Gasteiger partial charge in [-0.25, -0.2) is 0 Å². The molecule has 110 valence electrons. The molecule has 0 atom stereocenters. The molecule has 0 aliphatic rings. The van der Waals surface area contributed by atoms with Crippen LogP contribution in [0.15, 0.2) is 30.0 Å². The molecule has 0 aliphatic carbocycles. The zero-order chi connectivity index (χ0) is 15.1. The van der Waals surface area contributed by atoms with Crippen molar-refractivity contribution in [2.24, 2.45) is 5.92 Å². The highest BCUT2D eigenvalue weighted by atomic mass is 16.6. The highest BCUT2D eigenvalue weighted by molar-refractivity contribution is 5.52. The Labute approximate surface area is 120 Å². The molecule has 0 spiro atoms. The summed E-state index contributed by atoms with van der Waals surface area (Å²) >= 11 is 0. The number of ether oxygens (including phenoxy) is 1. The third kappa shape index (κ3) is 5.40. The van der Waals surface area contributed by atoms with Crippen LogP contribution in [0.3, 0.4) is 0 Å². The van der Waals surface area contributed by atoms with E-state index in [9.17, 15) is 10.1 Å². The van der Waals surface area contributed by atoms with Gasteiger partial charge >= 0.3 is 0 Å². The minimum absolute atomic E-state index is 0.110. The lowest BCUT2D eigenvalue weighted by molar-refractivity contribution is -0.431. The number of nitro groups is 1. The van der Waals surface area contributed by atoms with Gasteiger partial charge in [0.25, 0.3) is 0 Å². The van der Waals surface area contributed by atoms with Gasteiger partial charge in [-0.15, -0.1) is 0 Å². The summed E-state index contributed by atoms with van der Waals surface area (Å²) in [5.41, 5.74) is 1.02. The predicted octanol–water partition coefficient (Wildman–Crippen LogP) is 2.90. The third-order valence-electron chi connectivity index (χ3n) is 2.80. The van der Waals surface area contributed by atoms with Crippen LogP contribution in [0.4, 0.5) is 0 Å². The van der Waals surface area contributed by atoms with Gasteiger partial charge in [0, 0.05) is 18.5 Å². The molecule has 0 N–H and O–H groups in total. The lowest BCUT2D eigenvalue weighted by atomic mass is 10.1. The van der Waals surface area contributed by atoms with Gasteiger partial charge in [-0.1, -0.05) is 26.0 Å². The standard InChI is InChI=1S/C15H22N2O3/c1-12(2)15(17(18)19)11-13-5-7-14(8-6-13)20-10-9-16(3)4/h5-8,11-12H,9-10H2,1-4H3/b15-11-. The van der Waals surface area contributed by atoms with Crippen LogP contribution < -0.4 is 4.74 Å². The van der Waals surface area contributed by atoms with Crippen molar-refractivity contribution in [3.63, 3.8) is 0 Å². The van der Waals surface area contributed by atoms with Crippen LogP contribution in [-0.2, 0) is 0 Å². The first kappa shape index (κ1) is 16.2. The first-order chi connectivity index (χ1) is 9.40. The van der Waals surface area contributed by atoms with E-state index in [-0.39, 0.29) is 16.5 Å². The molecule has 0 saturated carbocycles. The number of benzene rings is 1. The van der Waals surface area contributed by atoms with Crippen molar-refractivity contribution in [1.29, 1.82) is 0 Å². The minimum Gasteiger partial charge on any atom is -0.492 e. The third-order valence-corrected chi connectivity index (χ3v) is 2.80. The maximum atomic E-state index is 10.9. The second kappa shape index (κ2) is 7.65. The van der Waals surface area contributed by atoms with E-state index in [4.69, 9.17) is 4.74 Å². The maximum Gasteiger partial charge on any atom is 0.249 e. The van der Waals surface area contributed by atoms with Crippen molar-refractivity contribution in [2.75, 3.05) is 27.2 Å². The van der Waals surface area contributed by atoms with Crippen molar-refractivity contribution in [3.05, 3.63) is 45.6 Å². The van der Waals surface area contributed by atoms with Gasteiger partial charge in [-0.2, -0.15) is 0 Å². The summed E-state index contributed by atoms with van der Waals surface area (Å²) in [5, 5.41) is 10.9. The van der Waals surface area contributed by atoms with Gasteiger partial charge in [-0.05, 0) is 31.8 Å². The number of rotatable bonds is 7. The van der Waals surface area contributed by atoms with E-state index < -0.39 is 0 Å². The number of likely N-dealkylation sites (N-methyl/N-ethyl adjacent to an activating group) is 1. The van der Waals surface area contributed by atoms with E-state index in [0.29, 0.717) is 6.61 Å². The van der Waals surface area contributed by atoms with E-state index in [1.165, 1.54) is 0 Å². The topological polar surface area (TPSA) is 55.6 Å². The van der Waals surface area contributed by atoms with E-state index in [1.807, 2.05) is 57.1 Å². The second-order valence-electron chi connectivity index (χ2n) is 5.20. The fourth-order valence-electron chi connectivity index (χ4n) is 1.61. The van der Waals surface area contributed by atoms with Crippen LogP contribution in [0.25, 0.3) is 6.08 Å². The number of allylic oxidation sites excluding steroid dienone is 1. The molecule has 5 heteroatoms. The van der Waals surface area contributed by atoms with Crippen LogP contribution >= 0.6 is 0 Å². The first-order valence-electron chi connectivity index (χ1n) is 6.63. The normalized spacial score (nSPS) is 12.0. The van der Waals surface area contributed by atoms with Crippen molar-refractivity contribution in [3.8, 4) is 5.75 Å². The molecule has 1 rings (SSSR count). The van der Waals surface area contributed by atoms with Crippen LogP contribution in [-0.4, -0.2) is 37.1 Å². The summed E-state index contributed by atoms with van der Waals surface area (Å²) in [5.74, 6) is 0.664. The molecule has 0 bridgehead atoms. The van der Waals surface area contributed by atoms with Crippen molar-refractivity contribution < 1.29 is 9.66 Å². The zero-order valence-electron chi connectivity index (χ0n) is 12.5. The second-order valence-corrected chi connectivity index (χ2v) is 5.20. The molecule has 5 nitrogen and oxygen atoms in total. The Hall–Kier alpha value is -1.88. The molecular formula is C15H22N2O3. The van der Waals surface area contributed by atoms with Crippen LogP contribution in [0, 0.1) is 16.0 Å². The fraction of sp³-hybridized carbons (Fsp3) is 0.467. The van der Waals surface area contributed by atoms with Gasteiger partial charge < -0.3 is 9.64 Å². The Bertz CT molecular complexity index is 465. The summed E-state index contributed by atoms with van der Waals surface area (Å²) in [6.07, 6.45) is 1.61. The summed E-state index contributed by atoms with van der Waals surface area (Å²) in [4.78, 5) is 12.6. The Morgan fingerprint density at radius 3 is 2.40 bits per heavy atom. The lowest BCUT2D eigenvalue weighted by Gasteiger charge is -2.11. The lowest BCUT2D eigenvalue weighted by Crippen LogP contribution is -2.19. The van der Waals surface area contributed by atoms with Crippen molar-refractivity contribution in [1.82, 2.24) is 4.90 Å². The van der Waals surface area contributed by atoms with Gasteiger partial charge in [0.2, 0.25) is 5.70 Å². The Morgan fingerprint density at radius 1 is 1.35 bits per heavy atom. The molecule has 0 unspecified atom stereocenters. The molecule has 0 aliphatic heterocycles. The highest BCUT2D eigenvalue weighted by Crippen LogP contribution is 2.18. The molecule has 1 aromatic rings. The average molecular weight is 278 g/mol. The molecular weight excluding hydrogens is 256 g/mol. The van der Waals surface area contributed by atoms with Gasteiger partial charge in [0.15, 0.2) is 0 Å². The largest absolute Gasteiger partial charge is 0.492 e. The van der Waals surface area contributed by atoms with Crippen LogP contribution in [0.5, 0.6) is 5.75 Å². The maximum absolute atomic E-state index is 10.9. The predicted molar refractivity (Wildman–Crippen MR) is 80.3 cm³/mol. The Morgan fingerprint density at radius 2 is 1.95 bits per heavy atom. The van der Waals surface area contributed by atoms with Crippen LogP contribution in [0.2, 0.25) is 0 Å². The fourth-order valence-corrected chi connectivity index (χ4v) is 1.61. The van der Waals surface area contributed by atoms with E-state index in [2.05, 4.69) is 0 Å². The Balaban J connectivity index is 2.71. The quantitative estimate of drug-likeness (QED) is 0.568. The van der Waals surface area contributed by atoms with Crippen molar-refractivity contribution >= 4 is 6.08 Å². The summed E-state index contributed by atoms with van der Waals surface area (Å²) in [7, 11) is 3.98. The first-order valence-corrected chi connectivity index (χ1v) is 6.63. The van der Waals surface area contributed by atoms with Gasteiger partial charge in [0.05, 0.1) is 4.92 Å². The SMILES string of the molecule is CC(C)/C(=C/c1ccc(OCCN(C)C)cc1)[N+](=O)[O-]. The number of hydrogen-bond acceptors (Lipinski definition) is 4.